The highest BCUT2D eigenvalue weighted by atomic mass is 14.9. The van der Waals surface area contributed by atoms with Crippen molar-refractivity contribution in [1.29, 1.82) is 0 Å². The van der Waals surface area contributed by atoms with Gasteiger partial charge in [-0.2, -0.15) is 0 Å². The molecule has 2 atom stereocenters. The molecule has 0 aliphatic rings. The number of hydrogen-bond acceptors (Lipinski definition) is 1. The first-order chi connectivity index (χ1) is 7.60. The average Bonchev–Trinajstić information content (AvgIpc) is 2.28. The predicted octanol–water partition coefficient (Wildman–Crippen LogP) is 3.80. The van der Waals surface area contributed by atoms with E-state index in [-0.39, 0.29) is 0 Å². The monoisotopic (exact) mass is 219 g/mol. The van der Waals surface area contributed by atoms with Crippen LogP contribution < -0.4 is 5.32 Å². The second-order valence-corrected chi connectivity index (χ2v) is 4.72. The van der Waals surface area contributed by atoms with Gasteiger partial charge in [0.2, 0.25) is 0 Å². The average molecular weight is 219 g/mol. The van der Waals surface area contributed by atoms with E-state index in [1.165, 1.54) is 23.1 Å². The molecular formula is C15H25N. The molecule has 16 heavy (non-hydrogen) atoms. The first kappa shape index (κ1) is 13.2. The van der Waals surface area contributed by atoms with Crippen LogP contribution in [0.3, 0.4) is 0 Å². The van der Waals surface area contributed by atoms with E-state index in [0.29, 0.717) is 12.0 Å². The van der Waals surface area contributed by atoms with Crippen LogP contribution in [0, 0.1) is 13.8 Å². The fourth-order valence-corrected chi connectivity index (χ4v) is 2.40. The van der Waals surface area contributed by atoms with Crippen LogP contribution in [-0.2, 0) is 0 Å². The van der Waals surface area contributed by atoms with Crippen molar-refractivity contribution < 1.29 is 0 Å². The Hall–Kier alpha value is -0.820. The van der Waals surface area contributed by atoms with Gasteiger partial charge in [-0.1, -0.05) is 44.5 Å². The van der Waals surface area contributed by atoms with E-state index >= 15 is 0 Å². The van der Waals surface area contributed by atoms with Gasteiger partial charge in [0.25, 0.3) is 0 Å². The zero-order chi connectivity index (χ0) is 12.1. The molecule has 1 heteroatoms. The number of likely N-dealkylation sites (N-methyl/N-ethyl adjacent to an activating group) is 1. The Morgan fingerprint density at radius 3 is 2.44 bits per heavy atom. The summed E-state index contributed by atoms with van der Waals surface area (Å²) in [7, 11) is 0. The second kappa shape index (κ2) is 6.05. The van der Waals surface area contributed by atoms with E-state index in [0.717, 1.165) is 6.54 Å². The lowest BCUT2D eigenvalue weighted by molar-refractivity contribution is 0.447. The molecule has 1 nitrogen and oxygen atoms in total. The van der Waals surface area contributed by atoms with Gasteiger partial charge in [-0.3, -0.25) is 0 Å². The molecule has 0 bridgehead atoms. The molecular weight excluding hydrogens is 194 g/mol. The fourth-order valence-electron chi connectivity index (χ4n) is 2.40. The third kappa shape index (κ3) is 3.08. The molecule has 0 radical (unpaired) electrons. The van der Waals surface area contributed by atoms with Crippen molar-refractivity contribution in [1.82, 2.24) is 5.32 Å². The summed E-state index contributed by atoms with van der Waals surface area (Å²) in [4.78, 5) is 0. The fraction of sp³-hybridized carbons (Fsp3) is 0.600. The lowest BCUT2D eigenvalue weighted by atomic mass is 9.88. The molecule has 0 saturated carbocycles. The summed E-state index contributed by atoms with van der Waals surface area (Å²) in [5.41, 5.74) is 4.26. The van der Waals surface area contributed by atoms with Crippen LogP contribution in [0.5, 0.6) is 0 Å². The van der Waals surface area contributed by atoms with E-state index in [2.05, 4.69) is 58.1 Å². The minimum Gasteiger partial charge on any atom is -0.314 e. The lowest BCUT2D eigenvalue weighted by Gasteiger charge is -2.25. The van der Waals surface area contributed by atoms with Gasteiger partial charge in [0.05, 0.1) is 0 Å². The van der Waals surface area contributed by atoms with Crippen LogP contribution in [0.15, 0.2) is 18.2 Å². The molecule has 0 fully saturated rings. The number of hydrogen-bond donors (Lipinski definition) is 1. The van der Waals surface area contributed by atoms with Crippen molar-refractivity contribution in [3.63, 3.8) is 0 Å². The molecule has 90 valence electrons. The van der Waals surface area contributed by atoms with Gasteiger partial charge >= 0.3 is 0 Å². The Labute approximate surface area is 100 Å². The highest BCUT2D eigenvalue weighted by molar-refractivity contribution is 5.33. The van der Waals surface area contributed by atoms with Crippen LogP contribution in [-0.4, -0.2) is 12.6 Å². The van der Waals surface area contributed by atoms with Gasteiger partial charge in [-0.15, -0.1) is 0 Å². The highest BCUT2D eigenvalue weighted by Gasteiger charge is 2.17. The Balaban J connectivity index is 2.93. The molecule has 0 spiro atoms. The SMILES string of the molecule is CCNC(CC)C(C)c1cc(C)ccc1C. The molecule has 0 aromatic heterocycles. The van der Waals surface area contributed by atoms with Crippen molar-refractivity contribution in [2.45, 2.75) is 53.0 Å². The maximum absolute atomic E-state index is 3.58. The van der Waals surface area contributed by atoms with Gasteiger partial charge in [-0.05, 0) is 43.9 Å². The summed E-state index contributed by atoms with van der Waals surface area (Å²) in [5.74, 6) is 0.588. The lowest BCUT2D eigenvalue weighted by Crippen LogP contribution is -2.33. The Bertz CT molecular complexity index is 330. The summed E-state index contributed by atoms with van der Waals surface area (Å²) in [6.45, 7) is 12.2. The Morgan fingerprint density at radius 2 is 1.88 bits per heavy atom. The summed E-state index contributed by atoms with van der Waals surface area (Å²) >= 11 is 0. The molecule has 0 saturated heterocycles. The van der Waals surface area contributed by atoms with Crippen molar-refractivity contribution in [3.05, 3.63) is 34.9 Å². The molecule has 0 aliphatic heterocycles. The van der Waals surface area contributed by atoms with E-state index in [4.69, 9.17) is 0 Å². The standard InChI is InChI=1S/C15H25N/c1-6-15(16-7-2)13(5)14-10-11(3)8-9-12(14)4/h8-10,13,15-16H,6-7H2,1-5H3. The molecule has 1 aromatic rings. The molecule has 2 unspecified atom stereocenters. The molecule has 1 rings (SSSR count). The number of benzene rings is 1. The topological polar surface area (TPSA) is 12.0 Å². The molecule has 0 heterocycles. The maximum atomic E-state index is 3.58. The van der Waals surface area contributed by atoms with E-state index in [1.54, 1.807) is 0 Å². The number of aryl methyl sites for hydroxylation is 2. The van der Waals surface area contributed by atoms with Gasteiger partial charge in [-0.25, -0.2) is 0 Å². The van der Waals surface area contributed by atoms with Crippen LogP contribution in [0.1, 0.15) is 49.8 Å². The zero-order valence-electron chi connectivity index (χ0n) is 11.3. The van der Waals surface area contributed by atoms with E-state index < -0.39 is 0 Å². The van der Waals surface area contributed by atoms with E-state index in [9.17, 15) is 0 Å². The Morgan fingerprint density at radius 1 is 1.19 bits per heavy atom. The maximum Gasteiger partial charge on any atom is 0.0130 e. The van der Waals surface area contributed by atoms with Crippen molar-refractivity contribution in [3.8, 4) is 0 Å². The van der Waals surface area contributed by atoms with Crippen LogP contribution in [0.25, 0.3) is 0 Å². The largest absolute Gasteiger partial charge is 0.314 e. The third-order valence-corrected chi connectivity index (χ3v) is 3.43. The minimum absolute atomic E-state index is 0.588. The third-order valence-electron chi connectivity index (χ3n) is 3.43. The first-order valence-corrected chi connectivity index (χ1v) is 6.40. The predicted molar refractivity (Wildman–Crippen MR) is 72.1 cm³/mol. The van der Waals surface area contributed by atoms with Crippen LogP contribution in [0.4, 0.5) is 0 Å². The van der Waals surface area contributed by atoms with Crippen LogP contribution >= 0.6 is 0 Å². The molecule has 0 amide bonds. The van der Waals surface area contributed by atoms with Gasteiger partial charge in [0.15, 0.2) is 0 Å². The van der Waals surface area contributed by atoms with Crippen molar-refractivity contribution in [2.75, 3.05) is 6.54 Å². The van der Waals surface area contributed by atoms with Gasteiger partial charge in [0, 0.05) is 6.04 Å². The quantitative estimate of drug-likeness (QED) is 0.794. The second-order valence-electron chi connectivity index (χ2n) is 4.72. The van der Waals surface area contributed by atoms with Gasteiger partial charge in [0.1, 0.15) is 0 Å². The minimum atomic E-state index is 0.588. The summed E-state index contributed by atoms with van der Waals surface area (Å²) in [6.07, 6.45) is 1.18. The zero-order valence-corrected chi connectivity index (χ0v) is 11.3. The summed E-state index contributed by atoms with van der Waals surface area (Å²) < 4.78 is 0. The van der Waals surface area contributed by atoms with Crippen molar-refractivity contribution >= 4 is 0 Å². The normalized spacial score (nSPS) is 14.8. The van der Waals surface area contributed by atoms with Crippen molar-refractivity contribution in [2.24, 2.45) is 0 Å². The van der Waals surface area contributed by atoms with Crippen LogP contribution in [0.2, 0.25) is 0 Å². The first-order valence-electron chi connectivity index (χ1n) is 6.40. The highest BCUT2D eigenvalue weighted by Crippen LogP contribution is 2.25. The molecule has 1 aromatic carbocycles. The number of nitrogens with one attached hydrogen (secondary N) is 1. The van der Waals surface area contributed by atoms with E-state index in [1.807, 2.05) is 0 Å². The number of rotatable bonds is 5. The van der Waals surface area contributed by atoms with Gasteiger partial charge < -0.3 is 5.32 Å². The summed E-state index contributed by atoms with van der Waals surface area (Å²) in [6, 6.07) is 7.35. The molecule has 1 N–H and O–H groups in total. The Kier molecular flexibility index (Phi) is 5.01. The smallest absolute Gasteiger partial charge is 0.0130 e. The summed E-state index contributed by atoms with van der Waals surface area (Å²) in [5, 5.41) is 3.58. The molecule has 0 aliphatic carbocycles.